The van der Waals surface area contributed by atoms with E-state index in [1.165, 1.54) is 0 Å². The predicted octanol–water partition coefficient (Wildman–Crippen LogP) is 1.31. The molecule has 0 heterocycles. The molecule has 0 saturated heterocycles. The summed E-state index contributed by atoms with van der Waals surface area (Å²) in [6, 6.07) is 0.695. The van der Waals surface area contributed by atoms with Crippen LogP contribution in [0, 0.1) is 5.92 Å². The Kier molecular flexibility index (Phi) is 3.06. The molecule has 0 unspecified atom stereocenters. The van der Waals surface area contributed by atoms with Crippen molar-refractivity contribution in [1.29, 1.82) is 0 Å². The van der Waals surface area contributed by atoms with Gasteiger partial charge in [0.15, 0.2) is 0 Å². The Balaban J connectivity index is 2.23. The van der Waals surface area contributed by atoms with Crippen LogP contribution in [-0.4, -0.2) is 30.3 Å². The van der Waals surface area contributed by atoms with Crippen molar-refractivity contribution in [2.75, 3.05) is 13.1 Å². The molecule has 1 saturated carbocycles. The van der Waals surface area contributed by atoms with Gasteiger partial charge < -0.3 is 9.69 Å². The van der Waals surface area contributed by atoms with Crippen LogP contribution in [0.1, 0.15) is 26.7 Å². The van der Waals surface area contributed by atoms with Crippen molar-refractivity contribution in [3.63, 3.8) is 0 Å². The van der Waals surface area contributed by atoms with Crippen molar-refractivity contribution in [2.45, 2.75) is 32.7 Å². The highest BCUT2D eigenvalue weighted by Crippen LogP contribution is 2.29. The third-order valence-electron chi connectivity index (χ3n) is 2.67. The Labute approximate surface area is 68.6 Å². The molecule has 1 fully saturated rings. The summed E-state index contributed by atoms with van der Waals surface area (Å²) in [5, 5.41) is 0. The molecule has 1 aliphatic rings. The van der Waals surface area contributed by atoms with E-state index in [0.29, 0.717) is 12.0 Å². The summed E-state index contributed by atoms with van der Waals surface area (Å²) in [4.78, 5) is 12.7. The van der Waals surface area contributed by atoms with Crippen LogP contribution in [-0.2, 0) is 4.79 Å². The van der Waals surface area contributed by atoms with Crippen LogP contribution in [0.4, 0.5) is 0 Å². The Morgan fingerprint density at radius 1 is 1.36 bits per heavy atom. The van der Waals surface area contributed by atoms with Gasteiger partial charge in [-0.15, -0.1) is 0 Å². The second-order valence-electron chi connectivity index (χ2n) is 3.24. The molecular formula is C9H17NO. The average Bonchev–Trinajstić information content (AvgIpc) is 1.95. The molecule has 11 heavy (non-hydrogen) atoms. The first-order chi connectivity index (χ1) is 5.31. The fraction of sp³-hybridized carbons (Fsp3) is 0.889. The van der Waals surface area contributed by atoms with Crippen molar-refractivity contribution in [3.8, 4) is 0 Å². The van der Waals surface area contributed by atoms with Gasteiger partial charge >= 0.3 is 0 Å². The lowest BCUT2D eigenvalue weighted by Crippen LogP contribution is -2.44. The van der Waals surface area contributed by atoms with Crippen LogP contribution in [0.5, 0.6) is 0 Å². The average molecular weight is 155 g/mol. The molecule has 1 rings (SSSR count). The van der Waals surface area contributed by atoms with E-state index in [2.05, 4.69) is 18.7 Å². The lowest BCUT2D eigenvalue weighted by atomic mass is 9.80. The van der Waals surface area contributed by atoms with Crippen molar-refractivity contribution < 1.29 is 4.79 Å². The van der Waals surface area contributed by atoms with Gasteiger partial charge in [0.1, 0.15) is 6.29 Å². The summed E-state index contributed by atoms with van der Waals surface area (Å²) in [7, 11) is 0. The van der Waals surface area contributed by atoms with E-state index >= 15 is 0 Å². The first kappa shape index (κ1) is 8.72. The molecule has 0 radical (unpaired) electrons. The number of hydrogen-bond acceptors (Lipinski definition) is 2. The SMILES string of the molecule is CCN(CC)[C@H]1C[C@@H](C=O)C1. The first-order valence-electron chi connectivity index (χ1n) is 4.51. The zero-order valence-corrected chi connectivity index (χ0v) is 7.42. The lowest BCUT2D eigenvalue weighted by molar-refractivity contribution is -0.115. The quantitative estimate of drug-likeness (QED) is 0.570. The normalized spacial score (nSPS) is 30.1. The molecule has 64 valence electrons. The molecule has 0 aromatic rings. The zero-order valence-electron chi connectivity index (χ0n) is 7.42. The van der Waals surface area contributed by atoms with Gasteiger partial charge in [-0.25, -0.2) is 0 Å². The van der Waals surface area contributed by atoms with Gasteiger partial charge in [0, 0.05) is 12.0 Å². The fourth-order valence-electron chi connectivity index (χ4n) is 1.78. The van der Waals surface area contributed by atoms with Crippen LogP contribution in [0.3, 0.4) is 0 Å². The summed E-state index contributed by atoms with van der Waals surface area (Å²) >= 11 is 0. The molecule has 0 spiro atoms. The Bertz CT molecular complexity index is 126. The van der Waals surface area contributed by atoms with Crippen molar-refractivity contribution in [3.05, 3.63) is 0 Å². The summed E-state index contributed by atoms with van der Waals surface area (Å²) < 4.78 is 0. The molecule has 0 N–H and O–H groups in total. The van der Waals surface area contributed by atoms with Gasteiger partial charge in [-0.1, -0.05) is 13.8 Å². The van der Waals surface area contributed by atoms with Gasteiger partial charge in [-0.2, -0.15) is 0 Å². The highest BCUT2D eigenvalue weighted by molar-refractivity contribution is 5.55. The molecule has 0 aromatic heterocycles. The van der Waals surface area contributed by atoms with Crippen LogP contribution >= 0.6 is 0 Å². The summed E-state index contributed by atoms with van der Waals surface area (Å²) in [5.41, 5.74) is 0. The van der Waals surface area contributed by atoms with E-state index in [1.54, 1.807) is 0 Å². The van der Waals surface area contributed by atoms with Crippen molar-refractivity contribution >= 4 is 6.29 Å². The lowest BCUT2D eigenvalue weighted by Gasteiger charge is -2.39. The largest absolute Gasteiger partial charge is 0.303 e. The van der Waals surface area contributed by atoms with E-state index in [9.17, 15) is 4.79 Å². The Morgan fingerprint density at radius 3 is 2.27 bits per heavy atom. The number of nitrogens with zero attached hydrogens (tertiary/aromatic N) is 1. The molecule has 0 aromatic carbocycles. The number of carbonyl (C=O) groups is 1. The zero-order chi connectivity index (χ0) is 8.27. The number of carbonyl (C=O) groups excluding carboxylic acids is 1. The van der Waals surface area contributed by atoms with E-state index in [1.807, 2.05) is 0 Å². The monoisotopic (exact) mass is 155 g/mol. The summed E-state index contributed by atoms with van der Waals surface area (Å²) in [6.45, 7) is 6.59. The van der Waals surface area contributed by atoms with Gasteiger partial charge in [-0.3, -0.25) is 0 Å². The smallest absolute Gasteiger partial charge is 0.123 e. The minimum Gasteiger partial charge on any atom is -0.303 e. The Hall–Kier alpha value is -0.370. The molecule has 2 nitrogen and oxygen atoms in total. The minimum atomic E-state index is 0.362. The first-order valence-corrected chi connectivity index (χ1v) is 4.51. The third kappa shape index (κ3) is 1.80. The molecular weight excluding hydrogens is 138 g/mol. The maximum Gasteiger partial charge on any atom is 0.123 e. The second-order valence-corrected chi connectivity index (χ2v) is 3.24. The Morgan fingerprint density at radius 2 is 1.91 bits per heavy atom. The maximum absolute atomic E-state index is 10.3. The summed E-state index contributed by atoms with van der Waals surface area (Å²) in [6.07, 6.45) is 3.27. The molecule has 0 bridgehead atoms. The van der Waals surface area contributed by atoms with Gasteiger partial charge in [0.25, 0.3) is 0 Å². The topological polar surface area (TPSA) is 20.3 Å². The van der Waals surface area contributed by atoms with Crippen molar-refractivity contribution in [2.24, 2.45) is 5.92 Å². The van der Waals surface area contributed by atoms with Gasteiger partial charge in [0.05, 0.1) is 0 Å². The number of aldehydes is 1. The van der Waals surface area contributed by atoms with Crippen LogP contribution in [0.2, 0.25) is 0 Å². The standard InChI is InChI=1S/C9H17NO/c1-3-10(4-2)9-5-8(6-9)7-11/h7-9H,3-6H2,1-2H3/t8-,9+. The van der Waals surface area contributed by atoms with Crippen LogP contribution < -0.4 is 0 Å². The van der Waals surface area contributed by atoms with E-state index in [4.69, 9.17) is 0 Å². The molecule has 1 aliphatic carbocycles. The van der Waals surface area contributed by atoms with E-state index in [-0.39, 0.29) is 0 Å². The second kappa shape index (κ2) is 3.86. The number of rotatable bonds is 4. The number of hydrogen-bond donors (Lipinski definition) is 0. The molecule has 2 heteroatoms. The molecule has 0 aliphatic heterocycles. The van der Waals surface area contributed by atoms with Crippen LogP contribution in [0.15, 0.2) is 0 Å². The van der Waals surface area contributed by atoms with E-state index in [0.717, 1.165) is 32.2 Å². The molecule has 0 atom stereocenters. The summed E-state index contributed by atoms with van der Waals surface area (Å²) in [5.74, 6) is 0.362. The van der Waals surface area contributed by atoms with E-state index < -0.39 is 0 Å². The van der Waals surface area contributed by atoms with Gasteiger partial charge in [0.2, 0.25) is 0 Å². The van der Waals surface area contributed by atoms with Crippen LogP contribution in [0.25, 0.3) is 0 Å². The minimum absolute atomic E-state index is 0.362. The highest BCUT2D eigenvalue weighted by atomic mass is 16.1. The van der Waals surface area contributed by atoms with Gasteiger partial charge in [-0.05, 0) is 25.9 Å². The highest BCUT2D eigenvalue weighted by Gasteiger charge is 2.31. The molecule has 0 amide bonds. The maximum atomic E-state index is 10.3. The third-order valence-corrected chi connectivity index (χ3v) is 2.67. The fourth-order valence-corrected chi connectivity index (χ4v) is 1.78. The predicted molar refractivity (Wildman–Crippen MR) is 45.5 cm³/mol. The van der Waals surface area contributed by atoms with Crippen molar-refractivity contribution in [1.82, 2.24) is 4.90 Å².